The maximum Gasteiger partial charge on any atom is 0.337 e. The lowest BCUT2D eigenvalue weighted by Crippen LogP contribution is -2.15. The van der Waals surface area contributed by atoms with Crippen LogP contribution in [0, 0.1) is 0 Å². The fourth-order valence-corrected chi connectivity index (χ4v) is 3.98. The Balaban J connectivity index is 3.22. The predicted molar refractivity (Wildman–Crippen MR) is 70.5 cm³/mol. The van der Waals surface area contributed by atoms with Crippen LogP contribution >= 0.6 is 0 Å². The second-order valence-corrected chi connectivity index (χ2v) is 6.80. The highest BCUT2D eigenvalue weighted by atomic mass is 32.2. The molecule has 21 heavy (non-hydrogen) atoms. The van der Waals surface area contributed by atoms with Gasteiger partial charge < -0.3 is 5.11 Å². The van der Waals surface area contributed by atoms with Crippen LogP contribution < -0.4 is 0 Å². The minimum absolute atomic E-state index is 0.0786. The lowest BCUT2D eigenvalue weighted by atomic mass is 10.0. The summed E-state index contributed by atoms with van der Waals surface area (Å²) in [6.07, 6.45) is 0. The fraction of sp³-hybridized carbons (Fsp3) is 0. The number of carboxylic acid groups (broad SMARTS) is 1. The number of aromatic carboxylic acids is 1. The van der Waals surface area contributed by atoms with E-state index in [1.807, 2.05) is 0 Å². The van der Waals surface area contributed by atoms with E-state index in [-0.39, 0.29) is 10.8 Å². The highest BCUT2D eigenvalue weighted by molar-refractivity contribution is 7.89. The minimum Gasteiger partial charge on any atom is -0.478 e. The first-order valence-corrected chi connectivity index (χ1v) is 8.15. The highest BCUT2D eigenvalue weighted by Crippen LogP contribution is 2.32. The van der Waals surface area contributed by atoms with E-state index >= 15 is 0 Å². The molecule has 2 aromatic rings. The van der Waals surface area contributed by atoms with Gasteiger partial charge in [-0.05, 0) is 16.8 Å². The van der Waals surface area contributed by atoms with Crippen molar-refractivity contribution in [3.63, 3.8) is 0 Å². The average Bonchev–Trinajstić information content (AvgIpc) is 2.34. The third-order valence-corrected chi connectivity index (χ3v) is 4.66. The Bertz CT molecular complexity index is 957. The summed E-state index contributed by atoms with van der Waals surface area (Å²) in [4.78, 5) is 8.75. The van der Waals surface area contributed by atoms with Crippen molar-refractivity contribution < 1.29 is 35.8 Å². The highest BCUT2D eigenvalue weighted by Gasteiger charge is 2.32. The first kappa shape index (κ1) is 15.4. The van der Waals surface area contributed by atoms with E-state index in [2.05, 4.69) is 0 Å². The molecule has 0 aliphatic heterocycles. The zero-order valence-electron chi connectivity index (χ0n) is 10.1. The van der Waals surface area contributed by atoms with E-state index in [1.54, 1.807) is 0 Å². The number of rotatable bonds is 3. The van der Waals surface area contributed by atoms with Gasteiger partial charge in [-0.3, -0.25) is 9.11 Å². The Morgan fingerprint density at radius 3 is 2.00 bits per heavy atom. The fourth-order valence-electron chi connectivity index (χ4n) is 1.96. The van der Waals surface area contributed by atoms with E-state index in [0.29, 0.717) is 0 Å². The standard InChI is InChI=1S/C11H8O8S2/c12-11(13)9-7-4-2-1-3-6(7)5-8(20(14,15)16)10(9)21(17,18)19/h1-5H,(H,12,13)(H,14,15,16)(H,17,18,19). The smallest absolute Gasteiger partial charge is 0.337 e. The Labute approximate surface area is 119 Å². The lowest BCUT2D eigenvalue weighted by Gasteiger charge is -2.11. The molecule has 0 heterocycles. The van der Waals surface area contributed by atoms with E-state index in [0.717, 1.165) is 6.07 Å². The van der Waals surface area contributed by atoms with Crippen LogP contribution in [0.2, 0.25) is 0 Å². The van der Waals surface area contributed by atoms with Gasteiger partial charge in [0.25, 0.3) is 20.2 Å². The Morgan fingerprint density at radius 2 is 1.52 bits per heavy atom. The number of carboxylic acids is 1. The Kier molecular flexibility index (Phi) is 3.49. The Hall–Kier alpha value is -2.01. The molecule has 0 aliphatic rings. The van der Waals surface area contributed by atoms with Crippen LogP contribution in [0.3, 0.4) is 0 Å². The summed E-state index contributed by atoms with van der Waals surface area (Å²) < 4.78 is 63.6. The van der Waals surface area contributed by atoms with Gasteiger partial charge in [0.05, 0.1) is 5.56 Å². The average molecular weight is 332 g/mol. The second-order valence-electron chi connectivity index (χ2n) is 4.06. The summed E-state index contributed by atoms with van der Waals surface area (Å²) in [5.74, 6) is -1.76. The topological polar surface area (TPSA) is 146 Å². The van der Waals surface area contributed by atoms with Crippen molar-refractivity contribution in [2.75, 3.05) is 0 Å². The predicted octanol–water partition coefficient (Wildman–Crippen LogP) is 1.03. The van der Waals surface area contributed by atoms with Crippen molar-refractivity contribution in [1.82, 2.24) is 0 Å². The second kappa shape index (κ2) is 4.77. The molecule has 0 unspecified atom stereocenters. The maximum atomic E-state index is 11.4. The molecule has 10 heteroatoms. The Morgan fingerprint density at radius 1 is 0.952 bits per heavy atom. The number of hydrogen-bond acceptors (Lipinski definition) is 5. The number of hydrogen-bond donors (Lipinski definition) is 3. The van der Waals surface area contributed by atoms with Gasteiger partial charge in [0, 0.05) is 0 Å². The SMILES string of the molecule is O=C(O)c1c(S(=O)(=O)O)c(S(=O)(=O)O)cc2ccccc12. The molecule has 0 amide bonds. The van der Waals surface area contributed by atoms with E-state index < -0.39 is 41.6 Å². The summed E-state index contributed by atoms with van der Waals surface area (Å²) in [5, 5.41) is 9.15. The van der Waals surface area contributed by atoms with E-state index in [1.165, 1.54) is 24.3 Å². The van der Waals surface area contributed by atoms with Crippen LogP contribution in [0.25, 0.3) is 10.8 Å². The molecule has 0 radical (unpaired) electrons. The molecule has 0 saturated heterocycles. The third kappa shape index (κ3) is 2.74. The maximum absolute atomic E-state index is 11.4. The molecule has 0 bridgehead atoms. The van der Waals surface area contributed by atoms with Crippen LogP contribution in [0.4, 0.5) is 0 Å². The lowest BCUT2D eigenvalue weighted by molar-refractivity contribution is 0.0694. The normalized spacial score (nSPS) is 12.5. The monoisotopic (exact) mass is 332 g/mol. The van der Waals surface area contributed by atoms with Gasteiger partial charge in [0.2, 0.25) is 0 Å². The van der Waals surface area contributed by atoms with Crippen molar-refractivity contribution in [2.24, 2.45) is 0 Å². The molecular formula is C11H8O8S2. The van der Waals surface area contributed by atoms with E-state index in [4.69, 9.17) is 14.2 Å². The van der Waals surface area contributed by atoms with Crippen LogP contribution in [-0.4, -0.2) is 37.0 Å². The molecule has 112 valence electrons. The van der Waals surface area contributed by atoms with Gasteiger partial charge in [-0.15, -0.1) is 0 Å². The van der Waals surface area contributed by atoms with Crippen molar-refractivity contribution in [3.05, 3.63) is 35.9 Å². The van der Waals surface area contributed by atoms with Gasteiger partial charge in [-0.25, -0.2) is 4.79 Å². The number of benzene rings is 2. The number of carbonyl (C=O) groups is 1. The zero-order chi connectivity index (χ0) is 16.0. The molecule has 0 atom stereocenters. The number of fused-ring (bicyclic) bond motifs is 1. The summed E-state index contributed by atoms with van der Waals surface area (Å²) >= 11 is 0. The summed E-state index contributed by atoms with van der Waals surface area (Å²) in [7, 11) is -10.3. The molecule has 8 nitrogen and oxygen atoms in total. The zero-order valence-corrected chi connectivity index (χ0v) is 11.7. The summed E-state index contributed by atoms with van der Waals surface area (Å²) in [6.45, 7) is 0. The van der Waals surface area contributed by atoms with Gasteiger partial charge in [0.15, 0.2) is 0 Å². The van der Waals surface area contributed by atoms with Gasteiger partial charge in [0.1, 0.15) is 9.79 Å². The van der Waals surface area contributed by atoms with Gasteiger partial charge >= 0.3 is 5.97 Å². The van der Waals surface area contributed by atoms with Crippen LogP contribution in [0.15, 0.2) is 40.1 Å². The van der Waals surface area contributed by atoms with Crippen LogP contribution in [0.1, 0.15) is 10.4 Å². The largest absolute Gasteiger partial charge is 0.478 e. The van der Waals surface area contributed by atoms with Crippen LogP contribution in [-0.2, 0) is 20.2 Å². The molecule has 2 rings (SSSR count). The summed E-state index contributed by atoms with van der Waals surface area (Å²) in [5.41, 5.74) is -0.928. The first-order valence-electron chi connectivity index (χ1n) is 5.27. The van der Waals surface area contributed by atoms with Crippen LogP contribution in [0.5, 0.6) is 0 Å². The first-order chi connectivity index (χ1) is 9.53. The minimum atomic E-state index is -5.20. The molecular weight excluding hydrogens is 324 g/mol. The van der Waals surface area contributed by atoms with Crippen molar-refractivity contribution in [3.8, 4) is 0 Å². The van der Waals surface area contributed by atoms with Gasteiger partial charge in [-0.1, -0.05) is 24.3 Å². The van der Waals surface area contributed by atoms with Gasteiger partial charge in [-0.2, -0.15) is 16.8 Å². The molecule has 0 aliphatic carbocycles. The third-order valence-electron chi connectivity index (χ3n) is 2.72. The molecule has 0 aromatic heterocycles. The molecule has 0 spiro atoms. The van der Waals surface area contributed by atoms with Crippen molar-refractivity contribution >= 4 is 37.0 Å². The van der Waals surface area contributed by atoms with Crippen molar-refractivity contribution in [2.45, 2.75) is 9.79 Å². The quantitative estimate of drug-likeness (QED) is 0.706. The molecule has 0 saturated carbocycles. The molecule has 2 aromatic carbocycles. The molecule has 0 fully saturated rings. The van der Waals surface area contributed by atoms with Crippen molar-refractivity contribution in [1.29, 1.82) is 0 Å². The van der Waals surface area contributed by atoms with E-state index in [9.17, 15) is 21.6 Å². The molecule has 3 N–H and O–H groups in total. The summed E-state index contributed by atoms with van der Waals surface area (Å²) in [6, 6.07) is 6.25.